The molecule has 1 aromatic carbocycles. The zero-order valence-corrected chi connectivity index (χ0v) is 12.0. The number of aromatic nitrogens is 2. The molecule has 106 valence electrons. The molecule has 1 fully saturated rings. The summed E-state index contributed by atoms with van der Waals surface area (Å²) in [6, 6.07) is 6.86. The quantitative estimate of drug-likeness (QED) is 0.936. The van der Waals surface area contributed by atoms with Crippen molar-refractivity contribution in [1.29, 1.82) is 0 Å². The number of likely N-dealkylation sites (N-methyl/N-ethyl adjacent to an activating group) is 1. The van der Waals surface area contributed by atoms with Crippen LogP contribution in [0.2, 0.25) is 0 Å². The van der Waals surface area contributed by atoms with E-state index < -0.39 is 0 Å². The van der Waals surface area contributed by atoms with E-state index in [1.165, 1.54) is 12.1 Å². The molecule has 0 amide bonds. The molecule has 20 heavy (non-hydrogen) atoms. The molecule has 0 bridgehead atoms. The van der Waals surface area contributed by atoms with Crippen LogP contribution in [-0.4, -0.2) is 34.7 Å². The Morgan fingerprint density at radius 1 is 1.45 bits per heavy atom. The second kappa shape index (κ2) is 5.93. The molecule has 1 aromatic heterocycles. The van der Waals surface area contributed by atoms with Crippen LogP contribution in [0.5, 0.6) is 0 Å². The van der Waals surface area contributed by atoms with Crippen molar-refractivity contribution in [3.8, 4) is 0 Å². The number of nitrogens with one attached hydrogen (secondary N) is 1. The average molecular weight is 293 g/mol. The van der Waals surface area contributed by atoms with Gasteiger partial charge in [-0.05, 0) is 24.7 Å². The monoisotopic (exact) mass is 293 g/mol. The number of thioether (sulfide) groups is 1. The summed E-state index contributed by atoms with van der Waals surface area (Å²) in [6.45, 7) is 0. The molecule has 0 radical (unpaired) electrons. The maximum atomic E-state index is 13.1. The maximum absolute atomic E-state index is 13.1. The summed E-state index contributed by atoms with van der Waals surface area (Å²) in [7, 11) is 1.95. The van der Waals surface area contributed by atoms with Crippen LogP contribution in [0.4, 0.5) is 4.39 Å². The molecule has 1 aliphatic rings. The summed E-state index contributed by atoms with van der Waals surface area (Å²) in [4.78, 5) is 4.46. The number of nitrogens with zero attached hydrogens (tertiary/aromatic N) is 2. The van der Waals surface area contributed by atoms with Crippen molar-refractivity contribution in [3.05, 3.63) is 47.4 Å². The van der Waals surface area contributed by atoms with Crippen molar-refractivity contribution in [3.63, 3.8) is 0 Å². The summed E-state index contributed by atoms with van der Waals surface area (Å²) in [5, 5.41) is 7.29. The third-order valence-corrected chi connectivity index (χ3v) is 4.69. The van der Waals surface area contributed by atoms with E-state index in [1.54, 1.807) is 6.07 Å². The van der Waals surface area contributed by atoms with Gasteiger partial charge in [-0.1, -0.05) is 17.3 Å². The van der Waals surface area contributed by atoms with E-state index in [1.807, 2.05) is 24.9 Å². The number of hydrogen-bond acceptors (Lipinski definition) is 5. The second-order valence-electron chi connectivity index (χ2n) is 4.89. The van der Waals surface area contributed by atoms with Crippen LogP contribution < -0.4 is 5.32 Å². The Bertz CT molecular complexity index is 589. The topological polar surface area (TPSA) is 51.0 Å². The predicted octanol–water partition coefficient (Wildman–Crippen LogP) is 2.22. The Balaban J connectivity index is 1.73. The van der Waals surface area contributed by atoms with Gasteiger partial charge in [-0.25, -0.2) is 4.39 Å². The Labute approximate surface area is 121 Å². The van der Waals surface area contributed by atoms with Gasteiger partial charge in [0.2, 0.25) is 5.89 Å². The molecule has 6 heteroatoms. The third kappa shape index (κ3) is 2.86. The van der Waals surface area contributed by atoms with Gasteiger partial charge in [0.05, 0.1) is 5.92 Å². The van der Waals surface area contributed by atoms with Crippen molar-refractivity contribution in [2.75, 3.05) is 18.6 Å². The smallest absolute Gasteiger partial charge is 0.232 e. The maximum Gasteiger partial charge on any atom is 0.232 e. The van der Waals surface area contributed by atoms with Gasteiger partial charge in [-0.2, -0.15) is 16.7 Å². The first-order valence-electron chi connectivity index (χ1n) is 6.58. The minimum absolute atomic E-state index is 0.242. The predicted molar refractivity (Wildman–Crippen MR) is 76.4 cm³/mol. The molecule has 2 aromatic rings. The highest BCUT2D eigenvalue weighted by atomic mass is 32.2. The molecular weight excluding hydrogens is 277 g/mol. The number of rotatable bonds is 4. The van der Waals surface area contributed by atoms with Crippen LogP contribution in [0.1, 0.15) is 23.2 Å². The first kappa shape index (κ1) is 13.6. The van der Waals surface area contributed by atoms with Gasteiger partial charge in [0, 0.05) is 24.0 Å². The lowest BCUT2D eigenvalue weighted by Crippen LogP contribution is -2.31. The van der Waals surface area contributed by atoms with Gasteiger partial charge in [0.15, 0.2) is 5.82 Å². The molecule has 2 atom stereocenters. The van der Waals surface area contributed by atoms with Crippen LogP contribution in [0.25, 0.3) is 0 Å². The highest BCUT2D eigenvalue weighted by Crippen LogP contribution is 2.31. The highest BCUT2D eigenvalue weighted by Gasteiger charge is 2.32. The first-order valence-corrected chi connectivity index (χ1v) is 7.73. The lowest BCUT2D eigenvalue weighted by atomic mass is 10.0. The Hall–Kier alpha value is -1.40. The van der Waals surface area contributed by atoms with Crippen molar-refractivity contribution in [2.45, 2.75) is 18.4 Å². The van der Waals surface area contributed by atoms with Crippen molar-refractivity contribution < 1.29 is 8.91 Å². The molecular formula is C14H16FN3OS. The van der Waals surface area contributed by atoms with Crippen LogP contribution in [-0.2, 0) is 6.42 Å². The number of hydrogen-bond donors (Lipinski definition) is 1. The summed E-state index contributed by atoms with van der Waals surface area (Å²) < 4.78 is 18.5. The highest BCUT2D eigenvalue weighted by molar-refractivity contribution is 7.99. The van der Waals surface area contributed by atoms with Crippen LogP contribution in [0.15, 0.2) is 28.8 Å². The summed E-state index contributed by atoms with van der Waals surface area (Å²) in [5.41, 5.74) is 0.850. The molecule has 2 unspecified atom stereocenters. The molecule has 1 aliphatic heterocycles. The van der Waals surface area contributed by atoms with Gasteiger partial charge < -0.3 is 9.84 Å². The van der Waals surface area contributed by atoms with Gasteiger partial charge >= 0.3 is 0 Å². The standard InChI is InChI=1S/C14H16FN3OS/c1-16-12-8-20-7-11(12)14-17-13(18-19-14)6-9-3-2-4-10(15)5-9/h2-5,11-12,16H,6-8H2,1H3. The van der Waals surface area contributed by atoms with Gasteiger partial charge in [0.1, 0.15) is 5.82 Å². The molecule has 2 heterocycles. The molecule has 0 aliphatic carbocycles. The van der Waals surface area contributed by atoms with E-state index in [4.69, 9.17) is 4.52 Å². The fourth-order valence-corrected chi connectivity index (χ4v) is 3.82. The molecule has 3 rings (SSSR count). The Morgan fingerprint density at radius 3 is 3.15 bits per heavy atom. The van der Waals surface area contributed by atoms with E-state index in [0.717, 1.165) is 17.1 Å². The van der Waals surface area contributed by atoms with E-state index in [0.29, 0.717) is 24.2 Å². The third-order valence-electron chi connectivity index (χ3n) is 3.50. The van der Waals surface area contributed by atoms with Gasteiger partial charge in [-0.15, -0.1) is 0 Å². The molecule has 1 N–H and O–H groups in total. The van der Waals surface area contributed by atoms with Crippen molar-refractivity contribution in [1.82, 2.24) is 15.5 Å². The zero-order valence-electron chi connectivity index (χ0n) is 11.2. The second-order valence-corrected chi connectivity index (χ2v) is 5.97. The molecule has 0 spiro atoms. The molecule has 4 nitrogen and oxygen atoms in total. The van der Waals surface area contributed by atoms with E-state index in [2.05, 4.69) is 15.5 Å². The largest absolute Gasteiger partial charge is 0.339 e. The van der Waals surface area contributed by atoms with Gasteiger partial charge in [0.25, 0.3) is 0 Å². The van der Waals surface area contributed by atoms with Crippen LogP contribution in [0, 0.1) is 5.82 Å². The summed E-state index contributed by atoms with van der Waals surface area (Å²) in [5.74, 6) is 3.36. The van der Waals surface area contributed by atoms with Crippen molar-refractivity contribution in [2.24, 2.45) is 0 Å². The lowest BCUT2D eigenvalue weighted by molar-refractivity contribution is 0.341. The summed E-state index contributed by atoms with van der Waals surface area (Å²) in [6.07, 6.45) is 0.491. The normalized spacial score (nSPS) is 22.3. The fourth-order valence-electron chi connectivity index (χ4n) is 2.40. The number of halogens is 1. The van der Waals surface area contributed by atoms with E-state index >= 15 is 0 Å². The van der Waals surface area contributed by atoms with Crippen LogP contribution in [0.3, 0.4) is 0 Å². The minimum atomic E-state index is -0.242. The van der Waals surface area contributed by atoms with Crippen LogP contribution >= 0.6 is 11.8 Å². The lowest BCUT2D eigenvalue weighted by Gasteiger charge is -2.13. The molecule has 0 saturated carbocycles. The average Bonchev–Trinajstić information content (AvgIpc) is 3.06. The Morgan fingerprint density at radius 2 is 2.35 bits per heavy atom. The molecule has 1 saturated heterocycles. The minimum Gasteiger partial charge on any atom is -0.339 e. The summed E-state index contributed by atoms with van der Waals surface area (Å²) >= 11 is 1.89. The SMILES string of the molecule is CNC1CSCC1c1nc(Cc2cccc(F)c2)no1. The number of benzene rings is 1. The van der Waals surface area contributed by atoms with E-state index in [9.17, 15) is 4.39 Å². The van der Waals surface area contributed by atoms with E-state index in [-0.39, 0.29) is 11.7 Å². The zero-order chi connectivity index (χ0) is 13.9. The van der Waals surface area contributed by atoms with Gasteiger partial charge in [-0.3, -0.25) is 0 Å². The fraction of sp³-hybridized carbons (Fsp3) is 0.429. The van der Waals surface area contributed by atoms with Crippen molar-refractivity contribution >= 4 is 11.8 Å². The first-order chi connectivity index (χ1) is 9.76. The Kier molecular flexibility index (Phi) is 4.03.